The van der Waals surface area contributed by atoms with Crippen LogP contribution in [-0.2, 0) is 4.74 Å². The third-order valence-electron chi connectivity index (χ3n) is 5.21. The van der Waals surface area contributed by atoms with Crippen molar-refractivity contribution in [2.75, 3.05) is 44.1 Å². The molecule has 1 aromatic heterocycles. The van der Waals surface area contributed by atoms with Gasteiger partial charge in [-0.1, -0.05) is 25.4 Å². The van der Waals surface area contributed by atoms with Crippen LogP contribution >= 0.6 is 11.6 Å². The molecule has 0 spiro atoms. The molecule has 2 aromatic rings. The van der Waals surface area contributed by atoms with Gasteiger partial charge in [-0.15, -0.1) is 0 Å². The Bertz CT molecular complexity index is 938. The topological polar surface area (TPSA) is 96.9 Å². The normalized spacial score (nSPS) is 16.3. The van der Waals surface area contributed by atoms with Crippen molar-refractivity contribution in [3.8, 4) is 5.75 Å². The maximum absolute atomic E-state index is 13.1. The largest absolute Gasteiger partial charge is 0.495 e. The number of carbonyl (C=O) groups is 2. The van der Waals surface area contributed by atoms with Crippen molar-refractivity contribution in [2.45, 2.75) is 19.9 Å². The van der Waals surface area contributed by atoms with Crippen LogP contribution in [0.15, 0.2) is 30.6 Å². The van der Waals surface area contributed by atoms with Gasteiger partial charge in [-0.2, -0.15) is 0 Å². The second-order valence-corrected chi connectivity index (χ2v) is 7.91. The highest BCUT2D eigenvalue weighted by Gasteiger charge is 2.33. The molecule has 1 aliphatic heterocycles. The summed E-state index contributed by atoms with van der Waals surface area (Å²) in [5.41, 5.74) is 0.675. The number of halogens is 1. The molecule has 0 bridgehead atoms. The van der Waals surface area contributed by atoms with E-state index in [0.717, 1.165) is 0 Å². The first-order valence-electron chi connectivity index (χ1n) is 9.90. The zero-order valence-corrected chi connectivity index (χ0v) is 18.7. The van der Waals surface area contributed by atoms with Crippen molar-refractivity contribution in [2.24, 2.45) is 5.92 Å². The summed E-state index contributed by atoms with van der Waals surface area (Å²) in [7, 11) is 2.84. The van der Waals surface area contributed by atoms with Gasteiger partial charge in [0.1, 0.15) is 11.6 Å². The number of hydrogen-bond donors (Lipinski definition) is 1. The van der Waals surface area contributed by atoms with Crippen LogP contribution in [0.4, 0.5) is 16.3 Å². The molecule has 2 amide bonds. The van der Waals surface area contributed by atoms with Gasteiger partial charge in [0, 0.05) is 24.7 Å². The summed E-state index contributed by atoms with van der Waals surface area (Å²) >= 11 is 6.08. The predicted octanol–water partition coefficient (Wildman–Crippen LogP) is 3.30. The van der Waals surface area contributed by atoms with E-state index in [1.54, 1.807) is 31.5 Å². The van der Waals surface area contributed by atoms with Gasteiger partial charge in [-0.05, 0) is 24.1 Å². The fourth-order valence-corrected chi connectivity index (χ4v) is 3.67. The molecule has 1 unspecified atom stereocenters. The smallest absolute Gasteiger partial charge is 0.358 e. The molecular weight excluding hydrogens is 422 g/mol. The van der Waals surface area contributed by atoms with E-state index < -0.39 is 5.97 Å². The van der Waals surface area contributed by atoms with Crippen LogP contribution in [0.3, 0.4) is 0 Å². The number of hydrogen-bond acceptors (Lipinski definition) is 7. The van der Waals surface area contributed by atoms with E-state index in [1.807, 2.05) is 4.90 Å². The third kappa shape index (κ3) is 5.16. The summed E-state index contributed by atoms with van der Waals surface area (Å²) in [6, 6.07) is 4.81. The highest BCUT2D eigenvalue weighted by molar-refractivity contribution is 6.31. The van der Waals surface area contributed by atoms with E-state index in [1.165, 1.54) is 13.3 Å². The van der Waals surface area contributed by atoms with E-state index in [9.17, 15) is 9.59 Å². The Morgan fingerprint density at radius 2 is 1.97 bits per heavy atom. The lowest BCUT2D eigenvalue weighted by Crippen LogP contribution is -2.58. The van der Waals surface area contributed by atoms with Crippen molar-refractivity contribution < 1.29 is 19.1 Å². The highest BCUT2D eigenvalue weighted by Crippen LogP contribution is 2.29. The SMILES string of the molecule is COC(=O)c1cnc(N2CCN(C(=O)Nc3cc(Cl)ccc3OC)C(C(C)C)C2)cn1. The number of nitrogens with zero attached hydrogens (tertiary/aromatic N) is 4. The van der Waals surface area contributed by atoms with Gasteiger partial charge < -0.3 is 24.6 Å². The lowest BCUT2D eigenvalue weighted by molar-refractivity contribution is 0.0593. The second kappa shape index (κ2) is 9.82. The number of aromatic nitrogens is 2. The summed E-state index contributed by atoms with van der Waals surface area (Å²) in [5, 5.41) is 3.43. The van der Waals surface area contributed by atoms with Gasteiger partial charge >= 0.3 is 12.0 Å². The molecule has 0 aliphatic carbocycles. The zero-order chi connectivity index (χ0) is 22.5. The molecule has 1 N–H and O–H groups in total. The lowest BCUT2D eigenvalue weighted by Gasteiger charge is -2.43. The summed E-state index contributed by atoms with van der Waals surface area (Å²) in [4.78, 5) is 37.0. The van der Waals surface area contributed by atoms with Gasteiger partial charge in [0.05, 0.1) is 38.3 Å². The molecule has 1 aliphatic rings. The number of urea groups is 1. The van der Waals surface area contributed by atoms with Gasteiger partial charge in [0.2, 0.25) is 0 Å². The number of carbonyl (C=O) groups excluding carboxylic acids is 2. The summed E-state index contributed by atoms with van der Waals surface area (Å²) in [6.07, 6.45) is 2.95. The first-order chi connectivity index (χ1) is 14.8. The number of piperazine rings is 1. The maximum atomic E-state index is 13.1. The number of nitrogens with one attached hydrogen (secondary N) is 1. The molecule has 1 atom stereocenters. The molecule has 1 saturated heterocycles. The van der Waals surface area contributed by atoms with Crippen molar-refractivity contribution in [1.29, 1.82) is 0 Å². The van der Waals surface area contributed by atoms with E-state index >= 15 is 0 Å². The Kier molecular flexibility index (Phi) is 7.17. The molecule has 10 heteroatoms. The Hall–Kier alpha value is -3.07. The van der Waals surface area contributed by atoms with Crippen molar-refractivity contribution >= 4 is 35.1 Å². The number of benzene rings is 1. The van der Waals surface area contributed by atoms with Gasteiger partial charge in [-0.25, -0.2) is 19.6 Å². The van der Waals surface area contributed by atoms with Crippen LogP contribution in [0.5, 0.6) is 5.75 Å². The van der Waals surface area contributed by atoms with Crippen LogP contribution < -0.4 is 15.0 Å². The molecule has 9 nitrogen and oxygen atoms in total. The van der Waals surface area contributed by atoms with E-state index in [-0.39, 0.29) is 23.7 Å². The minimum atomic E-state index is -0.531. The summed E-state index contributed by atoms with van der Waals surface area (Å²) in [5.74, 6) is 0.863. The first-order valence-corrected chi connectivity index (χ1v) is 10.3. The summed E-state index contributed by atoms with van der Waals surface area (Å²) in [6.45, 7) is 5.80. The quantitative estimate of drug-likeness (QED) is 0.702. The zero-order valence-electron chi connectivity index (χ0n) is 18.0. The number of amides is 2. The Labute approximate surface area is 186 Å². The van der Waals surface area contributed by atoms with Crippen molar-refractivity contribution in [1.82, 2.24) is 14.9 Å². The molecule has 2 heterocycles. The van der Waals surface area contributed by atoms with Crippen molar-refractivity contribution in [3.05, 3.63) is 41.3 Å². The van der Waals surface area contributed by atoms with Crippen LogP contribution in [-0.4, -0.2) is 66.8 Å². The van der Waals surface area contributed by atoms with Crippen LogP contribution in [0.25, 0.3) is 0 Å². The average molecular weight is 448 g/mol. The second-order valence-electron chi connectivity index (χ2n) is 7.48. The van der Waals surface area contributed by atoms with Crippen LogP contribution in [0, 0.1) is 5.92 Å². The fraction of sp³-hybridized carbons (Fsp3) is 0.429. The molecule has 31 heavy (non-hydrogen) atoms. The van der Waals surface area contributed by atoms with E-state index in [0.29, 0.717) is 41.9 Å². The number of anilines is 2. The predicted molar refractivity (Wildman–Crippen MR) is 118 cm³/mol. The Morgan fingerprint density at radius 3 is 2.58 bits per heavy atom. The molecule has 166 valence electrons. The molecular formula is C21H26ClN5O4. The molecule has 3 rings (SSSR count). The first kappa shape index (κ1) is 22.6. The van der Waals surface area contributed by atoms with E-state index in [2.05, 4.69) is 38.8 Å². The van der Waals surface area contributed by atoms with Gasteiger partial charge in [-0.3, -0.25) is 0 Å². The number of esters is 1. The number of rotatable bonds is 5. The standard InChI is InChI=1S/C21H26ClN5O4/c1-13(2)17-12-26(19-11-23-16(10-24-19)20(28)31-4)7-8-27(17)21(29)25-15-9-14(22)5-6-18(15)30-3/h5-6,9-11,13,17H,7-8,12H2,1-4H3,(H,25,29). The van der Waals surface area contributed by atoms with Gasteiger partial charge in [0.25, 0.3) is 0 Å². The third-order valence-corrected chi connectivity index (χ3v) is 5.44. The molecule has 0 radical (unpaired) electrons. The Balaban J connectivity index is 1.74. The fourth-order valence-electron chi connectivity index (χ4n) is 3.50. The van der Waals surface area contributed by atoms with Gasteiger partial charge in [0.15, 0.2) is 5.69 Å². The van der Waals surface area contributed by atoms with Crippen molar-refractivity contribution in [3.63, 3.8) is 0 Å². The molecule has 1 aromatic carbocycles. The molecule has 1 fully saturated rings. The minimum Gasteiger partial charge on any atom is -0.495 e. The lowest BCUT2D eigenvalue weighted by atomic mass is 10.00. The van der Waals surface area contributed by atoms with Crippen LogP contribution in [0.1, 0.15) is 24.3 Å². The number of ether oxygens (including phenoxy) is 2. The molecule has 0 saturated carbocycles. The summed E-state index contributed by atoms with van der Waals surface area (Å²) < 4.78 is 9.98. The maximum Gasteiger partial charge on any atom is 0.358 e. The number of methoxy groups -OCH3 is 2. The van der Waals surface area contributed by atoms with E-state index in [4.69, 9.17) is 16.3 Å². The highest BCUT2D eigenvalue weighted by atomic mass is 35.5. The van der Waals surface area contributed by atoms with Crippen LogP contribution in [0.2, 0.25) is 5.02 Å². The minimum absolute atomic E-state index is 0.0546. The average Bonchev–Trinajstić information content (AvgIpc) is 2.78. The monoisotopic (exact) mass is 447 g/mol. The Morgan fingerprint density at radius 1 is 1.19 bits per heavy atom.